The summed E-state index contributed by atoms with van der Waals surface area (Å²) in [7, 11) is 0. The molecule has 0 aliphatic rings. The van der Waals surface area contributed by atoms with Crippen LogP contribution >= 0.6 is 0 Å². The Kier molecular flexibility index (Phi) is 7.47. The molecule has 0 radical (unpaired) electrons. The third-order valence-electron chi connectivity index (χ3n) is 3.61. The van der Waals surface area contributed by atoms with Gasteiger partial charge in [-0.2, -0.15) is 0 Å². The molecule has 24 heavy (non-hydrogen) atoms. The molecular formula is C19H23N3O2. The summed E-state index contributed by atoms with van der Waals surface area (Å²) in [5.41, 5.74) is 1.67. The molecule has 0 atom stereocenters. The molecule has 126 valence electrons. The van der Waals surface area contributed by atoms with Crippen LogP contribution in [0.1, 0.15) is 41.6 Å². The standard InChI is InChI=1S/C19H23N3O2/c23-18(22-15-16-8-7-12-20-14-16)11-5-2-6-13-21-19(24)17-9-3-1-4-10-17/h1,3-4,7-10,12,14H,2,5-6,11,13,15H2,(H,21,24)(H,22,23). The van der Waals surface area contributed by atoms with Crippen LogP contribution in [-0.4, -0.2) is 23.3 Å². The Morgan fingerprint density at radius 3 is 2.50 bits per heavy atom. The Labute approximate surface area is 142 Å². The maximum absolute atomic E-state index is 11.8. The number of carbonyl (C=O) groups excluding carboxylic acids is 2. The minimum Gasteiger partial charge on any atom is -0.352 e. The molecular weight excluding hydrogens is 302 g/mol. The quantitative estimate of drug-likeness (QED) is 0.696. The molecule has 2 amide bonds. The first-order chi connectivity index (χ1) is 11.8. The highest BCUT2D eigenvalue weighted by Gasteiger charge is 2.04. The van der Waals surface area contributed by atoms with E-state index in [4.69, 9.17) is 0 Å². The van der Waals surface area contributed by atoms with E-state index in [2.05, 4.69) is 15.6 Å². The lowest BCUT2D eigenvalue weighted by atomic mass is 10.1. The number of nitrogens with zero attached hydrogens (tertiary/aromatic N) is 1. The lowest BCUT2D eigenvalue weighted by Gasteiger charge is -2.06. The molecule has 0 spiro atoms. The lowest BCUT2D eigenvalue weighted by Crippen LogP contribution is -2.24. The van der Waals surface area contributed by atoms with Crippen LogP contribution in [0.3, 0.4) is 0 Å². The summed E-state index contributed by atoms with van der Waals surface area (Å²) < 4.78 is 0. The van der Waals surface area contributed by atoms with Gasteiger partial charge in [-0.15, -0.1) is 0 Å². The van der Waals surface area contributed by atoms with Gasteiger partial charge in [-0.25, -0.2) is 0 Å². The second-order valence-corrected chi connectivity index (χ2v) is 5.57. The first-order valence-corrected chi connectivity index (χ1v) is 8.24. The molecule has 1 heterocycles. The largest absolute Gasteiger partial charge is 0.352 e. The minimum absolute atomic E-state index is 0.0483. The molecule has 2 rings (SSSR count). The molecule has 0 aliphatic carbocycles. The van der Waals surface area contributed by atoms with E-state index >= 15 is 0 Å². The number of amides is 2. The van der Waals surface area contributed by atoms with E-state index in [-0.39, 0.29) is 11.8 Å². The van der Waals surface area contributed by atoms with Crippen molar-refractivity contribution in [3.05, 3.63) is 66.0 Å². The fraction of sp³-hybridized carbons (Fsp3) is 0.316. The summed E-state index contributed by atoms with van der Waals surface area (Å²) in [5.74, 6) is -0.00279. The van der Waals surface area contributed by atoms with E-state index < -0.39 is 0 Å². The predicted molar refractivity (Wildman–Crippen MR) is 93.3 cm³/mol. The van der Waals surface area contributed by atoms with Crippen LogP contribution in [0.5, 0.6) is 0 Å². The van der Waals surface area contributed by atoms with Crippen molar-refractivity contribution in [2.75, 3.05) is 6.54 Å². The number of hydrogen-bond donors (Lipinski definition) is 2. The molecule has 1 aromatic heterocycles. The first kappa shape index (κ1) is 17.7. The Bertz CT molecular complexity index is 630. The van der Waals surface area contributed by atoms with E-state index in [0.717, 1.165) is 24.8 Å². The van der Waals surface area contributed by atoms with E-state index in [0.29, 0.717) is 25.1 Å². The maximum atomic E-state index is 11.8. The van der Waals surface area contributed by atoms with Gasteiger partial charge in [0.1, 0.15) is 0 Å². The number of hydrogen-bond acceptors (Lipinski definition) is 3. The van der Waals surface area contributed by atoms with Crippen molar-refractivity contribution in [1.82, 2.24) is 15.6 Å². The molecule has 0 bridgehead atoms. The number of pyridine rings is 1. The Balaban J connectivity index is 1.50. The van der Waals surface area contributed by atoms with E-state index in [9.17, 15) is 9.59 Å². The molecule has 2 N–H and O–H groups in total. The van der Waals surface area contributed by atoms with Crippen molar-refractivity contribution in [3.63, 3.8) is 0 Å². The van der Waals surface area contributed by atoms with Crippen molar-refractivity contribution >= 4 is 11.8 Å². The zero-order valence-electron chi connectivity index (χ0n) is 13.7. The highest BCUT2D eigenvalue weighted by molar-refractivity contribution is 5.94. The first-order valence-electron chi connectivity index (χ1n) is 8.24. The highest BCUT2D eigenvalue weighted by Crippen LogP contribution is 2.02. The molecule has 1 aromatic carbocycles. The highest BCUT2D eigenvalue weighted by atomic mass is 16.2. The summed E-state index contributed by atoms with van der Waals surface area (Å²) in [4.78, 5) is 27.6. The molecule has 5 nitrogen and oxygen atoms in total. The number of rotatable bonds is 9. The third kappa shape index (κ3) is 6.60. The molecule has 0 fully saturated rings. The van der Waals surface area contributed by atoms with Gasteiger partial charge in [0, 0.05) is 37.5 Å². The summed E-state index contributed by atoms with van der Waals surface area (Å²) in [6, 6.07) is 13.0. The van der Waals surface area contributed by atoms with Crippen LogP contribution in [0, 0.1) is 0 Å². The van der Waals surface area contributed by atoms with E-state index in [1.165, 1.54) is 0 Å². The van der Waals surface area contributed by atoms with Gasteiger partial charge in [0.2, 0.25) is 5.91 Å². The number of unbranched alkanes of at least 4 members (excludes halogenated alkanes) is 2. The van der Waals surface area contributed by atoms with Crippen LogP contribution in [-0.2, 0) is 11.3 Å². The number of carbonyl (C=O) groups is 2. The molecule has 0 saturated carbocycles. The Hall–Kier alpha value is -2.69. The third-order valence-corrected chi connectivity index (χ3v) is 3.61. The van der Waals surface area contributed by atoms with Crippen molar-refractivity contribution in [2.24, 2.45) is 0 Å². The van der Waals surface area contributed by atoms with Crippen molar-refractivity contribution in [2.45, 2.75) is 32.2 Å². The molecule has 0 aliphatic heterocycles. The second-order valence-electron chi connectivity index (χ2n) is 5.57. The van der Waals surface area contributed by atoms with Gasteiger partial charge in [-0.3, -0.25) is 14.6 Å². The minimum atomic E-state index is -0.0511. The average Bonchev–Trinajstić information content (AvgIpc) is 2.64. The number of nitrogens with one attached hydrogen (secondary N) is 2. The number of benzene rings is 1. The fourth-order valence-corrected chi connectivity index (χ4v) is 2.27. The molecule has 0 saturated heterocycles. The van der Waals surface area contributed by atoms with Gasteiger partial charge in [-0.1, -0.05) is 30.7 Å². The number of aromatic nitrogens is 1. The Morgan fingerprint density at radius 2 is 1.75 bits per heavy atom. The van der Waals surface area contributed by atoms with Crippen LogP contribution in [0.25, 0.3) is 0 Å². The van der Waals surface area contributed by atoms with E-state index in [1.54, 1.807) is 24.5 Å². The second kappa shape index (κ2) is 10.2. The fourth-order valence-electron chi connectivity index (χ4n) is 2.27. The predicted octanol–water partition coefficient (Wildman–Crippen LogP) is 2.69. The van der Waals surface area contributed by atoms with Crippen molar-refractivity contribution in [1.29, 1.82) is 0 Å². The normalized spacial score (nSPS) is 10.2. The molecule has 5 heteroatoms. The summed E-state index contributed by atoms with van der Waals surface area (Å²) in [6.45, 7) is 1.14. The van der Waals surface area contributed by atoms with E-state index in [1.807, 2.05) is 30.3 Å². The SMILES string of the molecule is O=C(CCCCCNC(=O)c1ccccc1)NCc1cccnc1. The van der Waals surface area contributed by atoms with Gasteiger partial charge in [0.25, 0.3) is 5.91 Å². The van der Waals surface area contributed by atoms with Crippen molar-refractivity contribution in [3.8, 4) is 0 Å². The summed E-state index contributed by atoms with van der Waals surface area (Å²) in [6.07, 6.45) is 6.56. The van der Waals surface area contributed by atoms with Gasteiger partial charge in [0.15, 0.2) is 0 Å². The molecule has 2 aromatic rings. The zero-order valence-corrected chi connectivity index (χ0v) is 13.7. The van der Waals surface area contributed by atoms with Gasteiger partial charge < -0.3 is 10.6 Å². The zero-order chi connectivity index (χ0) is 17.0. The smallest absolute Gasteiger partial charge is 0.251 e. The Morgan fingerprint density at radius 1 is 0.917 bits per heavy atom. The topological polar surface area (TPSA) is 71.1 Å². The van der Waals surface area contributed by atoms with Gasteiger partial charge in [-0.05, 0) is 36.6 Å². The summed E-state index contributed by atoms with van der Waals surface area (Å²) in [5, 5.41) is 5.77. The average molecular weight is 325 g/mol. The van der Waals surface area contributed by atoms with Crippen molar-refractivity contribution < 1.29 is 9.59 Å². The monoisotopic (exact) mass is 325 g/mol. The van der Waals surface area contributed by atoms with Gasteiger partial charge >= 0.3 is 0 Å². The van der Waals surface area contributed by atoms with Gasteiger partial charge in [0.05, 0.1) is 0 Å². The van der Waals surface area contributed by atoms with Crippen LogP contribution in [0.15, 0.2) is 54.9 Å². The van der Waals surface area contributed by atoms with Crippen LogP contribution in [0.2, 0.25) is 0 Å². The summed E-state index contributed by atoms with van der Waals surface area (Å²) >= 11 is 0. The molecule has 0 unspecified atom stereocenters. The van der Waals surface area contributed by atoms with Crippen LogP contribution < -0.4 is 10.6 Å². The maximum Gasteiger partial charge on any atom is 0.251 e. The lowest BCUT2D eigenvalue weighted by molar-refractivity contribution is -0.121. The van der Waals surface area contributed by atoms with Crippen LogP contribution in [0.4, 0.5) is 0 Å².